The van der Waals surface area contributed by atoms with E-state index in [0.29, 0.717) is 13.1 Å². The van der Waals surface area contributed by atoms with Crippen LogP contribution in [0.4, 0.5) is 0 Å². The number of nitrogens with zero attached hydrogens (tertiary/aromatic N) is 4. The molecule has 0 spiro atoms. The van der Waals surface area contributed by atoms with Gasteiger partial charge in [-0.2, -0.15) is 5.26 Å². The summed E-state index contributed by atoms with van der Waals surface area (Å²) in [6, 6.07) is 1.81. The number of carboxylic acid groups (broad SMARTS) is 1. The number of hydrogen-bond donors (Lipinski definition) is 2. The van der Waals surface area contributed by atoms with Gasteiger partial charge in [0.1, 0.15) is 12.4 Å². The van der Waals surface area contributed by atoms with Crippen LogP contribution in [0.3, 0.4) is 0 Å². The van der Waals surface area contributed by atoms with Gasteiger partial charge in [0.25, 0.3) is 5.82 Å². The van der Waals surface area contributed by atoms with Crippen LogP contribution in [-0.2, 0) is 10.3 Å². The van der Waals surface area contributed by atoms with Gasteiger partial charge in [-0.15, -0.1) is 5.10 Å². The molecule has 1 saturated heterocycles. The Morgan fingerprint density at radius 2 is 2.53 bits per heavy atom. The van der Waals surface area contributed by atoms with Crippen LogP contribution in [0.5, 0.6) is 0 Å². The number of nitrogens with one attached hydrogen (secondary N) is 1. The molecule has 1 aromatic heterocycles. The molecule has 15 heavy (non-hydrogen) atoms. The third-order valence-electron chi connectivity index (χ3n) is 2.47. The predicted octanol–water partition coefficient (Wildman–Crippen LogP) is -1.08. The van der Waals surface area contributed by atoms with Gasteiger partial charge in [-0.3, -0.25) is 4.79 Å². The summed E-state index contributed by atoms with van der Waals surface area (Å²) in [6.45, 7) is 1.07. The third-order valence-corrected chi connectivity index (χ3v) is 2.47. The van der Waals surface area contributed by atoms with Gasteiger partial charge in [0.2, 0.25) is 0 Å². The first-order valence-corrected chi connectivity index (χ1v) is 4.41. The lowest BCUT2D eigenvalue weighted by atomic mass is 9.89. The Labute approximate surface area is 85.3 Å². The van der Waals surface area contributed by atoms with Crippen molar-refractivity contribution in [3.05, 3.63) is 12.2 Å². The lowest BCUT2D eigenvalue weighted by Gasteiger charge is -2.41. The molecule has 1 fully saturated rings. The maximum absolute atomic E-state index is 10.7. The van der Waals surface area contributed by atoms with Crippen molar-refractivity contribution in [3.8, 4) is 6.07 Å². The van der Waals surface area contributed by atoms with Crippen LogP contribution < -0.4 is 5.32 Å². The fraction of sp³-hybridized carbons (Fsp3) is 0.500. The molecule has 1 aliphatic heterocycles. The Balaban J connectivity index is 2.26. The van der Waals surface area contributed by atoms with Crippen LogP contribution in [0.2, 0.25) is 0 Å². The number of aromatic nitrogens is 3. The van der Waals surface area contributed by atoms with Gasteiger partial charge in [0.15, 0.2) is 0 Å². The lowest BCUT2D eigenvalue weighted by molar-refractivity contribution is -0.140. The topological polar surface area (TPSA) is 104 Å². The van der Waals surface area contributed by atoms with Crippen LogP contribution in [-0.4, -0.2) is 38.9 Å². The van der Waals surface area contributed by atoms with Crippen LogP contribution in [0.25, 0.3) is 0 Å². The number of rotatable bonds is 3. The van der Waals surface area contributed by atoms with Gasteiger partial charge in [-0.05, 0) is 0 Å². The minimum Gasteiger partial charge on any atom is -0.481 e. The number of carboxylic acids is 1. The van der Waals surface area contributed by atoms with Crippen molar-refractivity contribution in [3.63, 3.8) is 0 Å². The largest absolute Gasteiger partial charge is 0.481 e. The zero-order valence-electron chi connectivity index (χ0n) is 7.84. The average molecular weight is 207 g/mol. The van der Waals surface area contributed by atoms with Crippen molar-refractivity contribution < 1.29 is 9.90 Å². The molecule has 2 rings (SSSR count). The minimum absolute atomic E-state index is 0.0196. The van der Waals surface area contributed by atoms with Crippen LogP contribution in [0.1, 0.15) is 12.2 Å². The van der Waals surface area contributed by atoms with Crippen molar-refractivity contribution in [1.82, 2.24) is 20.1 Å². The zero-order valence-corrected chi connectivity index (χ0v) is 7.84. The molecule has 78 valence electrons. The van der Waals surface area contributed by atoms with Crippen LogP contribution in [0, 0.1) is 11.3 Å². The van der Waals surface area contributed by atoms with E-state index in [2.05, 4.69) is 15.4 Å². The zero-order chi connectivity index (χ0) is 10.9. The molecule has 7 nitrogen and oxygen atoms in total. The molecular formula is C8H9N5O2. The molecule has 0 aromatic carbocycles. The van der Waals surface area contributed by atoms with E-state index in [1.54, 1.807) is 0 Å². The summed E-state index contributed by atoms with van der Waals surface area (Å²) in [6.07, 6.45) is 1.39. The number of carbonyl (C=O) groups is 1. The lowest BCUT2D eigenvalue weighted by Crippen LogP contribution is -2.61. The molecule has 0 bridgehead atoms. The van der Waals surface area contributed by atoms with E-state index in [9.17, 15) is 4.79 Å². The Morgan fingerprint density at radius 3 is 2.93 bits per heavy atom. The predicted molar refractivity (Wildman–Crippen MR) is 47.8 cm³/mol. The second-order valence-electron chi connectivity index (χ2n) is 3.52. The van der Waals surface area contributed by atoms with Crippen molar-refractivity contribution in [2.45, 2.75) is 12.0 Å². The van der Waals surface area contributed by atoms with Crippen LogP contribution >= 0.6 is 0 Å². The van der Waals surface area contributed by atoms with Gasteiger partial charge in [0, 0.05) is 13.1 Å². The van der Waals surface area contributed by atoms with Crippen molar-refractivity contribution in [2.24, 2.45) is 0 Å². The van der Waals surface area contributed by atoms with Crippen LogP contribution in [0.15, 0.2) is 6.33 Å². The monoisotopic (exact) mass is 207 g/mol. The molecular weight excluding hydrogens is 198 g/mol. The van der Waals surface area contributed by atoms with Gasteiger partial charge < -0.3 is 10.4 Å². The van der Waals surface area contributed by atoms with Crippen molar-refractivity contribution in [2.75, 3.05) is 13.1 Å². The first-order valence-electron chi connectivity index (χ1n) is 4.41. The van der Waals surface area contributed by atoms with E-state index in [4.69, 9.17) is 10.4 Å². The van der Waals surface area contributed by atoms with E-state index in [1.807, 2.05) is 6.07 Å². The van der Waals surface area contributed by atoms with E-state index in [-0.39, 0.29) is 12.2 Å². The van der Waals surface area contributed by atoms with E-state index >= 15 is 0 Å². The molecule has 2 N–H and O–H groups in total. The van der Waals surface area contributed by atoms with Gasteiger partial charge >= 0.3 is 5.97 Å². The first kappa shape index (κ1) is 9.61. The second-order valence-corrected chi connectivity index (χ2v) is 3.52. The first-order chi connectivity index (χ1) is 7.16. The molecule has 0 atom stereocenters. The Bertz CT molecular complexity index is 428. The third kappa shape index (κ3) is 1.55. The maximum atomic E-state index is 10.7. The van der Waals surface area contributed by atoms with E-state index in [1.165, 1.54) is 11.0 Å². The van der Waals surface area contributed by atoms with Crippen molar-refractivity contribution in [1.29, 1.82) is 5.26 Å². The number of hydrogen-bond acceptors (Lipinski definition) is 5. The smallest absolute Gasteiger partial charge is 0.305 e. The Morgan fingerprint density at radius 1 is 1.80 bits per heavy atom. The highest BCUT2D eigenvalue weighted by Crippen LogP contribution is 2.24. The van der Waals surface area contributed by atoms with Gasteiger partial charge in [0.05, 0.1) is 12.0 Å². The number of nitriles is 1. The van der Waals surface area contributed by atoms with E-state index in [0.717, 1.165) is 0 Å². The second kappa shape index (κ2) is 3.33. The van der Waals surface area contributed by atoms with Gasteiger partial charge in [-0.25, -0.2) is 9.67 Å². The molecule has 1 aliphatic rings. The molecule has 7 heteroatoms. The van der Waals surface area contributed by atoms with E-state index < -0.39 is 11.5 Å². The molecule has 0 radical (unpaired) electrons. The summed E-state index contributed by atoms with van der Waals surface area (Å²) in [7, 11) is 0. The molecule has 0 amide bonds. The van der Waals surface area contributed by atoms with Crippen molar-refractivity contribution >= 4 is 5.97 Å². The Hall–Kier alpha value is -1.94. The summed E-state index contributed by atoms with van der Waals surface area (Å²) in [5.41, 5.74) is -0.562. The van der Waals surface area contributed by atoms with Gasteiger partial charge in [-0.1, -0.05) is 0 Å². The molecule has 0 aliphatic carbocycles. The Kier molecular flexibility index (Phi) is 2.13. The summed E-state index contributed by atoms with van der Waals surface area (Å²) in [4.78, 5) is 14.5. The fourth-order valence-corrected chi connectivity index (χ4v) is 1.61. The quantitative estimate of drug-likeness (QED) is 0.653. The highest BCUT2D eigenvalue weighted by molar-refractivity contribution is 5.68. The summed E-state index contributed by atoms with van der Waals surface area (Å²) in [5.74, 6) is -0.822. The highest BCUT2D eigenvalue weighted by Gasteiger charge is 2.42. The number of aliphatic carboxylic acids is 1. The summed E-state index contributed by atoms with van der Waals surface area (Å²) in [5, 5.41) is 24.3. The molecule has 2 heterocycles. The standard InChI is InChI=1S/C8H9N5O2/c9-2-6-11-5-13(12-6)8(1-7(14)15)3-10-4-8/h5,10H,1,3-4H2,(H,14,15). The summed E-state index contributed by atoms with van der Waals surface area (Å²) < 4.78 is 1.47. The molecule has 0 saturated carbocycles. The highest BCUT2D eigenvalue weighted by atomic mass is 16.4. The molecule has 1 aromatic rings. The fourth-order valence-electron chi connectivity index (χ4n) is 1.61. The maximum Gasteiger partial charge on any atom is 0.305 e. The average Bonchev–Trinajstić information content (AvgIpc) is 2.59. The molecule has 0 unspecified atom stereocenters. The minimum atomic E-state index is -0.884. The summed E-state index contributed by atoms with van der Waals surface area (Å²) >= 11 is 0. The normalized spacial score (nSPS) is 17.8. The SMILES string of the molecule is N#Cc1ncn(C2(CC(=O)O)CNC2)n1.